The zero-order valence-electron chi connectivity index (χ0n) is 14.2. The van der Waals surface area contributed by atoms with Crippen molar-refractivity contribution < 1.29 is 27.9 Å². The number of allylic oxidation sites excluding steroid dienone is 4. The van der Waals surface area contributed by atoms with Crippen molar-refractivity contribution in [3.8, 4) is 0 Å². The number of anilines is 1. The number of ether oxygens (including phenoxy) is 1. The summed E-state index contributed by atoms with van der Waals surface area (Å²) in [5.74, 6) is -3.35. The van der Waals surface area contributed by atoms with Crippen LogP contribution in [0.1, 0.15) is 35.9 Å². The number of hydrazine groups is 1. The lowest BCUT2D eigenvalue weighted by molar-refractivity contribution is -0.154. The Labute approximate surface area is 156 Å². The highest BCUT2D eigenvalue weighted by Gasteiger charge is 2.20. The van der Waals surface area contributed by atoms with Crippen LogP contribution in [0.15, 0.2) is 23.3 Å². The maximum absolute atomic E-state index is 12.2. The van der Waals surface area contributed by atoms with Gasteiger partial charge in [0, 0.05) is 4.91 Å². The van der Waals surface area contributed by atoms with Gasteiger partial charge >= 0.3 is 11.9 Å². The summed E-state index contributed by atoms with van der Waals surface area (Å²) in [5, 5.41) is 0. The Morgan fingerprint density at radius 2 is 2.04 bits per heavy atom. The summed E-state index contributed by atoms with van der Waals surface area (Å²) in [7, 11) is 0. The number of nitrogens with two attached hydrogens (primary N) is 1. The van der Waals surface area contributed by atoms with Crippen molar-refractivity contribution in [3.63, 3.8) is 0 Å². The maximum atomic E-state index is 12.2. The Morgan fingerprint density at radius 1 is 1.30 bits per heavy atom. The lowest BCUT2D eigenvalue weighted by atomic mass is 10.0. The first kappa shape index (κ1) is 20.2. The van der Waals surface area contributed by atoms with E-state index in [0.29, 0.717) is 29.0 Å². The monoisotopic (exact) mass is 395 g/mol. The molecule has 12 heteroatoms. The molecule has 2 amide bonds. The van der Waals surface area contributed by atoms with Crippen molar-refractivity contribution >= 4 is 40.3 Å². The van der Waals surface area contributed by atoms with E-state index in [1.807, 2.05) is 10.9 Å². The van der Waals surface area contributed by atoms with Gasteiger partial charge in [-0.2, -0.15) is 0 Å². The van der Waals surface area contributed by atoms with E-state index >= 15 is 0 Å². The molecular weight excluding hydrogens is 378 g/mol. The molecule has 1 atom stereocenters. The van der Waals surface area contributed by atoms with Crippen LogP contribution in [0.4, 0.5) is 5.82 Å². The normalized spacial score (nSPS) is 14.4. The second-order valence-electron chi connectivity index (χ2n) is 5.19. The number of nitrogens with zero attached hydrogens (tertiary/aromatic N) is 2. The molecule has 0 aromatic carbocycles. The number of carbonyl (C=O) groups excluding carboxylic acids is 3. The third kappa shape index (κ3) is 5.18. The molecule has 27 heavy (non-hydrogen) atoms. The molecule has 0 fully saturated rings. The number of hydrogen-bond donors (Lipinski definition) is 4. The molecule has 1 heterocycles. The van der Waals surface area contributed by atoms with E-state index in [-0.39, 0.29) is 18.1 Å². The Bertz CT molecular complexity index is 866. The van der Waals surface area contributed by atoms with E-state index in [1.54, 1.807) is 6.08 Å². The van der Waals surface area contributed by atoms with Crippen LogP contribution in [-0.2, 0) is 25.4 Å². The lowest BCUT2D eigenvalue weighted by Crippen LogP contribution is -2.46. The zero-order valence-corrected chi connectivity index (χ0v) is 15.0. The van der Waals surface area contributed by atoms with Crippen molar-refractivity contribution in [1.29, 1.82) is 0 Å². The summed E-state index contributed by atoms with van der Waals surface area (Å²) < 4.78 is 24.6. The fourth-order valence-corrected chi connectivity index (χ4v) is 2.58. The van der Waals surface area contributed by atoms with Gasteiger partial charge in [-0.25, -0.2) is 19.0 Å². The minimum Gasteiger partial charge on any atom is -0.459 e. The van der Waals surface area contributed by atoms with E-state index in [9.17, 15) is 18.6 Å². The van der Waals surface area contributed by atoms with Crippen LogP contribution >= 0.6 is 0 Å². The minimum atomic E-state index is -2.03. The predicted molar refractivity (Wildman–Crippen MR) is 94.8 cm³/mol. The smallest absolute Gasteiger partial charge is 0.398 e. The van der Waals surface area contributed by atoms with Crippen LogP contribution in [-0.4, -0.2) is 43.1 Å². The Hall–Kier alpha value is -3.12. The Morgan fingerprint density at radius 3 is 2.63 bits per heavy atom. The highest BCUT2D eigenvalue weighted by molar-refractivity contribution is 7.83. The quantitative estimate of drug-likeness (QED) is 0.230. The van der Waals surface area contributed by atoms with Gasteiger partial charge in [0.2, 0.25) is 0 Å². The Kier molecular flexibility index (Phi) is 6.73. The van der Waals surface area contributed by atoms with Crippen LogP contribution in [0.3, 0.4) is 0 Å². The van der Waals surface area contributed by atoms with Gasteiger partial charge in [-0.3, -0.25) is 20.4 Å². The van der Waals surface area contributed by atoms with Crippen molar-refractivity contribution in [2.75, 3.05) is 12.3 Å². The van der Waals surface area contributed by atoms with Gasteiger partial charge in [0.15, 0.2) is 22.6 Å². The first-order valence-corrected chi connectivity index (χ1v) is 8.85. The molecule has 0 aliphatic heterocycles. The highest BCUT2D eigenvalue weighted by atomic mass is 32.2. The van der Waals surface area contributed by atoms with Crippen LogP contribution in [0.5, 0.6) is 0 Å². The van der Waals surface area contributed by atoms with Gasteiger partial charge in [0.25, 0.3) is 5.91 Å². The molecule has 1 aliphatic rings. The first-order chi connectivity index (χ1) is 12.8. The third-order valence-electron chi connectivity index (χ3n) is 3.43. The number of hydrogen-bond acceptors (Lipinski definition) is 8. The molecule has 0 saturated heterocycles. The predicted octanol–water partition coefficient (Wildman–Crippen LogP) is -0.334. The number of amides is 2. The summed E-state index contributed by atoms with van der Waals surface area (Å²) in [6.45, 7) is 1.54. The van der Waals surface area contributed by atoms with Gasteiger partial charge < -0.3 is 15.0 Å². The molecule has 0 spiro atoms. The fraction of sp³-hybridized carbons (Fsp3) is 0.267. The van der Waals surface area contributed by atoms with E-state index in [2.05, 4.69) is 14.7 Å². The molecule has 5 N–H and O–H groups in total. The number of nitrogen functional groups attached to an aromatic ring is 1. The van der Waals surface area contributed by atoms with Gasteiger partial charge in [-0.1, -0.05) is 6.08 Å². The van der Waals surface area contributed by atoms with Crippen LogP contribution < -0.4 is 16.6 Å². The molecule has 1 unspecified atom stereocenters. The molecule has 144 valence electrons. The summed E-state index contributed by atoms with van der Waals surface area (Å²) in [5.41, 5.74) is 10.3. The summed E-state index contributed by atoms with van der Waals surface area (Å²) in [4.78, 5) is 43.2. The maximum Gasteiger partial charge on any atom is 0.398 e. The second-order valence-corrected chi connectivity index (χ2v) is 6.21. The van der Waals surface area contributed by atoms with E-state index in [0.717, 1.165) is 0 Å². The van der Waals surface area contributed by atoms with Gasteiger partial charge in [0.1, 0.15) is 0 Å². The highest BCUT2D eigenvalue weighted by Crippen LogP contribution is 2.27. The summed E-state index contributed by atoms with van der Waals surface area (Å²) in [6, 6.07) is 0. The van der Waals surface area contributed by atoms with Crippen molar-refractivity contribution in [2.24, 2.45) is 0 Å². The van der Waals surface area contributed by atoms with Crippen LogP contribution in [0.2, 0.25) is 0 Å². The largest absolute Gasteiger partial charge is 0.459 e. The molecule has 0 saturated carbocycles. The number of esters is 1. The number of nitrogens with one attached hydrogen (secondary N) is 2. The molecule has 0 radical (unpaired) electrons. The average molecular weight is 395 g/mol. The molecule has 11 nitrogen and oxygen atoms in total. The summed E-state index contributed by atoms with van der Waals surface area (Å²) >= 11 is -2.03. The van der Waals surface area contributed by atoms with E-state index in [4.69, 9.17) is 10.3 Å². The molecule has 1 aromatic heterocycles. The first-order valence-electron chi connectivity index (χ1n) is 7.74. The van der Waals surface area contributed by atoms with Gasteiger partial charge in [0.05, 0.1) is 18.5 Å². The van der Waals surface area contributed by atoms with Crippen molar-refractivity contribution in [2.45, 2.75) is 19.8 Å². The minimum absolute atomic E-state index is 0.00973. The molecular formula is C15H17N5O6S. The van der Waals surface area contributed by atoms with Gasteiger partial charge in [-0.15, -0.1) is 0 Å². The van der Waals surface area contributed by atoms with Crippen molar-refractivity contribution in [3.05, 3.63) is 34.6 Å². The van der Waals surface area contributed by atoms with Crippen LogP contribution in [0.25, 0.3) is 5.57 Å². The zero-order chi connectivity index (χ0) is 20.0. The van der Waals surface area contributed by atoms with E-state index < -0.39 is 28.9 Å². The second kappa shape index (κ2) is 9.00. The van der Waals surface area contributed by atoms with E-state index in [1.165, 1.54) is 19.2 Å². The Balaban J connectivity index is 2.13. The third-order valence-corrected chi connectivity index (χ3v) is 4.22. The molecule has 0 bridgehead atoms. The average Bonchev–Trinajstić information content (AvgIpc) is 2.66. The topological polar surface area (TPSA) is 174 Å². The SMILES string of the molecule is CCOC(=O)C(=O)NNC(=O)c1nc(C2=CC=C(S(=O)O)CC2)cnc1N. The number of rotatable bonds is 4. The fourth-order valence-electron chi connectivity index (χ4n) is 2.12. The molecule has 1 aliphatic carbocycles. The molecule has 1 aromatic rings. The molecule has 2 rings (SSSR count). The number of carbonyl (C=O) groups is 3. The van der Waals surface area contributed by atoms with Crippen molar-refractivity contribution in [1.82, 2.24) is 20.8 Å². The number of aromatic nitrogens is 2. The standard InChI is InChI=1S/C15H17N5O6S/c1-2-26-15(23)14(22)20-19-13(21)11-12(16)17-7-10(18-11)8-3-5-9(6-4-8)27(24)25/h3,5,7H,2,4,6H2,1H3,(H2,16,17)(H,19,21)(H,20,22)(H,24,25). The lowest BCUT2D eigenvalue weighted by Gasteiger charge is -2.13. The van der Waals surface area contributed by atoms with Gasteiger partial charge in [-0.05, 0) is 31.4 Å². The summed E-state index contributed by atoms with van der Waals surface area (Å²) in [6.07, 6.45) is 5.27. The van der Waals surface area contributed by atoms with Crippen LogP contribution in [0, 0.1) is 0 Å².